The molecular formula is C16H18N2O4S. The van der Waals surface area contributed by atoms with E-state index < -0.39 is 21.0 Å². The van der Waals surface area contributed by atoms with Crippen molar-refractivity contribution in [2.24, 2.45) is 5.14 Å². The first-order valence-corrected chi connectivity index (χ1v) is 8.83. The minimum atomic E-state index is -3.94. The Morgan fingerprint density at radius 1 is 1.26 bits per heavy atom. The van der Waals surface area contributed by atoms with E-state index in [9.17, 15) is 13.2 Å². The van der Waals surface area contributed by atoms with Crippen molar-refractivity contribution in [3.05, 3.63) is 53.3 Å². The van der Waals surface area contributed by atoms with Crippen LogP contribution in [0, 0.1) is 6.92 Å². The molecule has 1 amide bonds. The number of amides is 1. The first-order chi connectivity index (χ1) is 10.8. The van der Waals surface area contributed by atoms with Gasteiger partial charge in [0.15, 0.2) is 5.76 Å². The van der Waals surface area contributed by atoms with Crippen LogP contribution in [0.4, 0.5) is 0 Å². The van der Waals surface area contributed by atoms with Crippen LogP contribution in [-0.2, 0) is 15.4 Å². The van der Waals surface area contributed by atoms with Crippen LogP contribution >= 0.6 is 0 Å². The Morgan fingerprint density at radius 2 is 1.96 bits per heavy atom. The van der Waals surface area contributed by atoms with Gasteiger partial charge in [0.05, 0.1) is 0 Å². The number of nitrogens with two attached hydrogens (primary N) is 1. The number of aryl methyl sites for hydroxylation is 1. The normalized spacial score (nSPS) is 16.1. The largest absolute Gasteiger partial charge is 0.438 e. The first kappa shape index (κ1) is 15.8. The van der Waals surface area contributed by atoms with Gasteiger partial charge in [0.2, 0.25) is 5.09 Å². The molecule has 7 heteroatoms. The lowest BCUT2D eigenvalue weighted by Crippen LogP contribution is -2.32. The number of furan rings is 1. The monoisotopic (exact) mass is 334 g/mol. The van der Waals surface area contributed by atoms with Crippen LogP contribution < -0.4 is 10.5 Å². The number of carbonyl (C=O) groups is 1. The van der Waals surface area contributed by atoms with Crippen LogP contribution in [-0.4, -0.2) is 20.9 Å². The van der Waals surface area contributed by atoms with E-state index in [2.05, 4.69) is 24.4 Å². The van der Waals surface area contributed by atoms with Gasteiger partial charge in [-0.1, -0.05) is 24.3 Å². The van der Waals surface area contributed by atoms with Crippen molar-refractivity contribution in [2.75, 3.05) is 6.54 Å². The van der Waals surface area contributed by atoms with E-state index in [0.29, 0.717) is 6.54 Å². The Bertz CT molecular complexity index is 850. The summed E-state index contributed by atoms with van der Waals surface area (Å²) in [6, 6.07) is 10.6. The second kappa shape index (κ2) is 5.50. The van der Waals surface area contributed by atoms with Crippen LogP contribution in [0.25, 0.3) is 0 Å². The minimum absolute atomic E-state index is 0.0314. The summed E-state index contributed by atoms with van der Waals surface area (Å²) in [6.45, 7) is 2.55. The van der Waals surface area contributed by atoms with Crippen LogP contribution in [0.2, 0.25) is 0 Å². The highest BCUT2D eigenvalue weighted by Crippen LogP contribution is 2.48. The van der Waals surface area contributed by atoms with Gasteiger partial charge in [-0.3, -0.25) is 4.79 Å². The van der Waals surface area contributed by atoms with Crippen LogP contribution in [0.5, 0.6) is 0 Å². The molecule has 1 heterocycles. The molecule has 6 nitrogen and oxygen atoms in total. The molecule has 1 aliphatic rings. The number of sulfonamides is 1. The molecule has 0 bridgehead atoms. The second-order valence-electron chi connectivity index (χ2n) is 5.94. The average molecular weight is 334 g/mol. The van der Waals surface area contributed by atoms with E-state index in [1.165, 1.54) is 23.3 Å². The van der Waals surface area contributed by atoms with E-state index in [0.717, 1.165) is 12.8 Å². The lowest BCUT2D eigenvalue weighted by Gasteiger charge is -2.18. The number of benzene rings is 1. The maximum absolute atomic E-state index is 12.1. The maximum atomic E-state index is 12.1. The first-order valence-electron chi connectivity index (χ1n) is 7.29. The van der Waals surface area contributed by atoms with E-state index in [-0.39, 0.29) is 11.2 Å². The molecule has 0 radical (unpaired) electrons. The van der Waals surface area contributed by atoms with Gasteiger partial charge in [0.1, 0.15) is 0 Å². The van der Waals surface area contributed by atoms with Crippen molar-refractivity contribution in [3.63, 3.8) is 0 Å². The van der Waals surface area contributed by atoms with Gasteiger partial charge in [-0.2, -0.15) is 0 Å². The Balaban J connectivity index is 1.70. The third kappa shape index (κ3) is 3.16. The quantitative estimate of drug-likeness (QED) is 0.868. The molecule has 1 saturated carbocycles. The van der Waals surface area contributed by atoms with Gasteiger partial charge >= 0.3 is 0 Å². The highest BCUT2D eigenvalue weighted by Gasteiger charge is 2.45. The molecule has 1 aromatic heterocycles. The van der Waals surface area contributed by atoms with Gasteiger partial charge in [0, 0.05) is 12.0 Å². The minimum Gasteiger partial charge on any atom is -0.438 e. The number of hydrogen-bond donors (Lipinski definition) is 2. The fraction of sp³-hybridized carbons (Fsp3) is 0.312. The van der Waals surface area contributed by atoms with Crippen LogP contribution in [0.3, 0.4) is 0 Å². The smallest absolute Gasteiger partial charge is 0.287 e. The van der Waals surface area contributed by atoms with Crippen LogP contribution in [0.15, 0.2) is 45.9 Å². The molecule has 3 rings (SSSR count). The van der Waals surface area contributed by atoms with E-state index in [1.54, 1.807) is 0 Å². The van der Waals surface area contributed by atoms with Crippen molar-refractivity contribution in [1.29, 1.82) is 0 Å². The van der Waals surface area contributed by atoms with Crippen molar-refractivity contribution < 1.29 is 17.6 Å². The maximum Gasteiger partial charge on any atom is 0.287 e. The van der Waals surface area contributed by atoms with Crippen molar-refractivity contribution in [2.45, 2.75) is 30.3 Å². The van der Waals surface area contributed by atoms with Crippen molar-refractivity contribution in [1.82, 2.24) is 5.32 Å². The summed E-state index contributed by atoms with van der Waals surface area (Å²) in [7, 11) is -3.94. The van der Waals surface area contributed by atoms with Crippen molar-refractivity contribution >= 4 is 15.9 Å². The Morgan fingerprint density at radius 3 is 2.52 bits per heavy atom. The number of hydrogen-bond acceptors (Lipinski definition) is 4. The molecule has 1 fully saturated rings. The standard InChI is InChI=1S/C16H18N2O4S/c1-11-4-2-3-5-12(11)16(8-9-16)10-18-15(19)13-6-7-14(22-13)23(17,20)21/h2-7H,8-10H2,1H3,(H,18,19)(H2,17,20,21). The molecule has 3 N–H and O–H groups in total. The lowest BCUT2D eigenvalue weighted by molar-refractivity contribution is 0.0916. The SMILES string of the molecule is Cc1ccccc1C1(CNC(=O)c2ccc(S(N)(=O)=O)o2)CC1. The molecule has 23 heavy (non-hydrogen) atoms. The Kier molecular flexibility index (Phi) is 3.77. The molecule has 2 aromatic rings. The van der Waals surface area contributed by atoms with Crippen LogP contribution in [0.1, 0.15) is 34.5 Å². The molecule has 0 aliphatic heterocycles. The molecular weight excluding hydrogens is 316 g/mol. The molecule has 0 unspecified atom stereocenters. The van der Waals surface area contributed by atoms with E-state index in [4.69, 9.17) is 9.56 Å². The van der Waals surface area contributed by atoms with Gasteiger partial charge in [-0.05, 0) is 43.0 Å². The van der Waals surface area contributed by atoms with E-state index >= 15 is 0 Å². The molecule has 0 saturated heterocycles. The fourth-order valence-electron chi connectivity index (χ4n) is 2.79. The van der Waals surface area contributed by atoms with Gasteiger partial charge in [-0.25, -0.2) is 13.6 Å². The Hall–Kier alpha value is -2.12. The molecule has 122 valence electrons. The van der Waals surface area contributed by atoms with E-state index in [1.807, 2.05) is 12.1 Å². The highest BCUT2D eigenvalue weighted by molar-refractivity contribution is 7.89. The van der Waals surface area contributed by atoms with Gasteiger partial charge in [-0.15, -0.1) is 0 Å². The van der Waals surface area contributed by atoms with Gasteiger partial charge in [0.25, 0.3) is 15.9 Å². The predicted molar refractivity (Wildman–Crippen MR) is 84.5 cm³/mol. The number of primary sulfonamides is 1. The summed E-state index contributed by atoms with van der Waals surface area (Å²) < 4.78 is 27.3. The summed E-state index contributed by atoms with van der Waals surface area (Å²) in [5, 5.41) is 7.37. The molecule has 1 aromatic carbocycles. The number of nitrogens with one attached hydrogen (secondary N) is 1. The van der Waals surface area contributed by atoms with Gasteiger partial charge < -0.3 is 9.73 Å². The summed E-state index contributed by atoms with van der Waals surface area (Å²) in [5.41, 5.74) is 2.41. The lowest BCUT2D eigenvalue weighted by atomic mass is 9.92. The number of carbonyl (C=O) groups excluding carboxylic acids is 1. The predicted octanol–water partition coefficient (Wildman–Crippen LogP) is 1.70. The third-order valence-corrected chi connectivity index (χ3v) is 5.02. The molecule has 0 atom stereocenters. The third-order valence-electron chi connectivity index (χ3n) is 4.24. The fourth-order valence-corrected chi connectivity index (χ4v) is 3.26. The average Bonchev–Trinajstić information content (AvgIpc) is 3.09. The van der Waals surface area contributed by atoms with Crippen molar-refractivity contribution in [3.8, 4) is 0 Å². The zero-order valence-electron chi connectivity index (χ0n) is 12.7. The summed E-state index contributed by atoms with van der Waals surface area (Å²) in [5.74, 6) is -0.505. The zero-order valence-corrected chi connectivity index (χ0v) is 13.5. The Labute approximate surface area is 134 Å². The molecule has 0 spiro atoms. The topological polar surface area (TPSA) is 102 Å². The summed E-state index contributed by atoms with van der Waals surface area (Å²) >= 11 is 0. The number of rotatable bonds is 5. The zero-order chi connectivity index (χ0) is 16.7. The summed E-state index contributed by atoms with van der Waals surface area (Å²) in [4.78, 5) is 12.1. The molecule has 1 aliphatic carbocycles. The highest BCUT2D eigenvalue weighted by atomic mass is 32.2. The summed E-state index contributed by atoms with van der Waals surface area (Å²) in [6.07, 6.45) is 2.03. The second-order valence-corrected chi connectivity index (χ2v) is 7.43.